The zero-order valence-electron chi connectivity index (χ0n) is 11.0. The van der Waals surface area contributed by atoms with Crippen molar-refractivity contribution in [3.8, 4) is 0 Å². The van der Waals surface area contributed by atoms with Gasteiger partial charge in [-0.25, -0.2) is 4.98 Å². The molecule has 2 rings (SSSR count). The molecule has 0 aromatic carbocycles. The summed E-state index contributed by atoms with van der Waals surface area (Å²) in [4.78, 5) is 16.2. The maximum atomic E-state index is 12.3. The van der Waals surface area contributed by atoms with Crippen molar-refractivity contribution in [1.82, 2.24) is 14.9 Å². The number of nitrogens with two attached hydrogens (primary N) is 1. The number of hydrogen-bond acceptors (Lipinski definition) is 4. The molecule has 1 aliphatic carbocycles. The minimum Gasteiger partial charge on any atom is -0.409 e. The van der Waals surface area contributed by atoms with Crippen LogP contribution < -0.4 is 11.1 Å². The first-order valence-corrected chi connectivity index (χ1v) is 6.36. The van der Waals surface area contributed by atoms with Gasteiger partial charge in [-0.2, -0.15) is 0 Å². The van der Waals surface area contributed by atoms with E-state index in [-0.39, 0.29) is 11.7 Å². The SMILES string of the molecule is Cn1cncc1C(=O)NC1(/C(N)=N/O)CCCCC1. The zero-order valence-corrected chi connectivity index (χ0v) is 11.0. The third-order valence-electron chi connectivity index (χ3n) is 3.71. The lowest BCUT2D eigenvalue weighted by atomic mass is 9.80. The third kappa shape index (κ3) is 2.54. The van der Waals surface area contributed by atoms with Crippen LogP contribution in [0.25, 0.3) is 0 Å². The number of rotatable bonds is 3. The van der Waals surface area contributed by atoms with Crippen molar-refractivity contribution in [3.05, 3.63) is 18.2 Å². The van der Waals surface area contributed by atoms with Gasteiger partial charge in [0.15, 0.2) is 5.84 Å². The standard InChI is InChI=1S/C12H19N5O2/c1-17-8-14-7-9(17)10(18)15-12(11(13)16-19)5-3-2-4-6-12/h7-8,19H,2-6H2,1H3,(H2,13,16)(H,15,18). The summed E-state index contributed by atoms with van der Waals surface area (Å²) in [6.07, 6.45) is 7.43. The predicted molar refractivity (Wildman–Crippen MR) is 69.9 cm³/mol. The molecule has 7 nitrogen and oxygen atoms in total. The van der Waals surface area contributed by atoms with Crippen LogP contribution in [0.3, 0.4) is 0 Å². The summed E-state index contributed by atoms with van der Waals surface area (Å²) in [7, 11) is 1.75. The summed E-state index contributed by atoms with van der Waals surface area (Å²) >= 11 is 0. The summed E-state index contributed by atoms with van der Waals surface area (Å²) in [5.74, 6) is -0.184. The Hall–Kier alpha value is -2.05. The normalized spacial score (nSPS) is 19.1. The molecule has 1 aromatic heterocycles. The molecule has 1 saturated carbocycles. The highest BCUT2D eigenvalue weighted by Gasteiger charge is 2.38. The van der Waals surface area contributed by atoms with Crippen molar-refractivity contribution < 1.29 is 10.0 Å². The van der Waals surface area contributed by atoms with Crippen LogP contribution in [0.4, 0.5) is 0 Å². The van der Waals surface area contributed by atoms with Crippen LogP contribution in [0, 0.1) is 0 Å². The van der Waals surface area contributed by atoms with Gasteiger partial charge in [-0.05, 0) is 12.8 Å². The predicted octanol–water partition coefficient (Wildman–Crippen LogP) is 0.599. The molecular formula is C12H19N5O2. The second-order valence-corrected chi connectivity index (χ2v) is 4.97. The Morgan fingerprint density at radius 2 is 2.21 bits per heavy atom. The number of carbonyl (C=O) groups excluding carboxylic acids is 1. The highest BCUT2D eigenvalue weighted by Crippen LogP contribution is 2.28. The first-order valence-electron chi connectivity index (χ1n) is 6.36. The van der Waals surface area contributed by atoms with Crippen LogP contribution in [0.1, 0.15) is 42.6 Å². The van der Waals surface area contributed by atoms with Crippen molar-refractivity contribution in [1.29, 1.82) is 0 Å². The minimum atomic E-state index is -0.742. The Labute approximate surface area is 111 Å². The van der Waals surface area contributed by atoms with Gasteiger partial charge in [0, 0.05) is 7.05 Å². The van der Waals surface area contributed by atoms with E-state index in [1.807, 2.05) is 0 Å². The molecule has 0 bridgehead atoms. The van der Waals surface area contributed by atoms with Crippen LogP contribution >= 0.6 is 0 Å². The molecule has 0 radical (unpaired) electrons. The maximum absolute atomic E-state index is 12.3. The van der Waals surface area contributed by atoms with Crippen molar-refractivity contribution in [2.75, 3.05) is 0 Å². The molecule has 4 N–H and O–H groups in total. The van der Waals surface area contributed by atoms with E-state index in [0.717, 1.165) is 19.3 Å². The topological polar surface area (TPSA) is 106 Å². The van der Waals surface area contributed by atoms with Crippen LogP contribution in [-0.2, 0) is 7.05 Å². The van der Waals surface area contributed by atoms with E-state index in [0.29, 0.717) is 18.5 Å². The van der Waals surface area contributed by atoms with Gasteiger partial charge in [-0.3, -0.25) is 4.79 Å². The fourth-order valence-electron chi connectivity index (χ4n) is 2.55. The lowest BCUT2D eigenvalue weighted by Gasteiger charge is -2.36. The van der Waals surface area contributed by atoms with Gasteiger partial charge in [-0.15, -0.1) is 0 Å². The second-order valence-electron chi connectivity index (χ2n) is 4.97. The molecule has 1 amide bonds. The molecule has 1 heterocycles. The lowest BCUT2D eigenvalue weighted by molar-refractivity contribution is 0.0897. The summed E-state index contributed by atoms with van der Waals surface area (Å²) in [6, 6.07) is 0. The van der Waals surface area contributed by atoms with Crippen molar-refractivity contribution >= 4 is 11.7 Å². The van der Waals surface area contributed by atoms with Gasteiger partial charge in [0.2, 0.25) is 0 Å². The summed E-state index contributed by atoms with van der Waals surface area (Å²) in [5, 5.41) is 15.0. The van der Waals surface area contributed by atoms with E-state index >= 15 is 0 Å². The summed E-state index contributed by atoms with van der Waals surface area (Å²) in [6.45, 7) is 0. The molecule has 0 atom stereocenters. The van der Waals surface area contributed by atoms with Crippen LogP contribution in [0.5, 0.6) is 0 Å². The number of hydrogen-bond donors (Lipinski definition) is 3. The lowest BCUT2D eigenvalue weighted by Crippen LogP contribution is -2.58. The fourth-order valence-corrected chi connectivity index (χ4v) is 2.55. The van der Waals surface area contributed by atoms with Crippen molar-refractivity contribution in [2.24, 2.45) is 17.9 Å². The smallest absolute Gasteiger partial charge is 0.270 e. The van der Waals surface area contributed by atoms with Crippen molar-refractivity contribution in [2.45, 2.75) is 37.6 Å². The number of nitrogens with one attached hydrogen (secondary N) is 1. The Morgan fingerprint density at radius 3 is 2.74 bits per heavy atom. The summed E-state index contributed by atoms with van der Waals surface area (Å²) in [5.41, 5.74) is 5.50. The number of amides is 1. The highest BCUT2D eigenvalue weighted by atomic mass is 16.4. The molecule has 19 heavy (non-hydrogen) atoms. The number of amidine groups is 1. The van der Waals surface area contributed by atoms with Gasteiger partial charge in [0.25, 0.3) is 5.91 Å². The van der Waals surface area contributed by atoms with E-state index in [9.17, 15) is 4.79 Å². The minimum absolute atomic E-state index is 0.0720. The van der Waals surface area contributed by atoms with Crippen LogP contribution in [-0.4, -0.2) is 32.0 Å². The van der Waals surface area contributed by atoms with Crippen molar-refractivity contribution in [3.63, 3.8) is 0 Å². The Bertz CT molecular complexity index is 488. The Balaban J connectivity index is 2.21. The van der Waals surface area contributed by atoms with Gasteiger partial charge in [0.1, 0.15) is 11.2 Å². The second kappa shape index (κ2) is 5.29. The average molecular weight is 265 g/mol. The van der Waals surface area contributed by atoms with E-state index in [2.05, 4.69) is 15.5 Å². The molecule has 0 unspecified atom stereocenters. The molecule has 7 heteroatoms. The number of aryl methyl sites for hydroxylation is 1. The number of nitrogens with zero attached hydrogens (tertiary/aromatic N) is 3. The van der Waals surface area contributed by atoms with Crippen LogP contribution in [0.15, 0.2) is 17.7 Å². The monoisotopic (exact) mass is 265 g/mol. The molecule has 104 valence electrons. The third-order valence-corrected chi connectivity index (χ3v) is 3.71. The molecule has 1 fully saturated rings. The van der Waals surface area contributed by atoms with Gasteiger partial charge in [0.05, 0.1) is 12.5 Å². The Kier molecular flexibility index (Phi) is 3.73. The van der Waals surface area contributed by atoms with E-state index in [1.54, 1.807) is 17.9 Å². The largest absolute Gasteiger partial charge is 0.409 e. The van der Waals surface area contributed by atoms with Crippen LogP contribution in [0.2, 0.25) is 0 Å². The number of oxime groups is 1. The number of imidazole rings is 1. The van der Waals surface area contributed by atoms with E-state index in [1.165, 1.54) is 6.20 Å². The van der Waals surface area contributed by atoms with E-state index in [4.69, 9.17) is 10.9 Å². The van der Waals surface area contributed by atoms with Gasteiger partial charge < -0.3 is 20.8 Å². The quantitative estimate of drug-likeness (QED) is 0.322. The van der Waals surface area contributed by atoms with Gasteiger partial charge >= 0.3 is 0 Å². The highest BCUT2D eigenvalue weighted by molar-refractivity contribution is 5.99. The Morgan fingerprint density at radius 1 is 1.53 bits per heavy atom. The molecule has 1 aromatic rings. The number of aromatic nitrogens is 2. The fraction of sp³-hybridized carbons (Fsp3) is 0.583. The van der Waals surface area contributed by atoms with Gasteiger partial charge in [-0.1, -0.05) is 24.4 Å². The van der Waals surface area contributed by atoms with E-state index < -0.39 is 5.54 Å². The summed E-state index contributed by atoms with van der Waals surface area (Å²) < 4.78 is 1.64. The zero-order chi connectivity index (χ0) is 13.9. The molecule has 0 aliphatic heterocycles. The molecule has 0 spiro atoms. The first kappa shape index (κ1) is 13.4. The molecular weight excluding hydrogens is 246 g/mol. The maximum Gasteiger partial charge on any atom is 0.270 e. The molecule has 1 aliphatic rings. The number of carbonyl (C=O) groups is 1. The first-order chi connectivity index (χ1) is 9.09. The average Bonchev–Trinajstić information content (AvgIpc) is 2.85. The molecule has 0 saturated heterocycles.